The highest BCUT2D eigenvalue weighted by molar-refractivity contribution is 6.24. The maximum Gasteiger partial charge on any atom is 0.317 e. The fourth-order valence-electron chi connectivity index (χ4n) is 7.01. The van der Waals surface area contributed by atoms with Crippen LogP contribution in [-0.4, -0.2) is 34.9 Å². The van der Waals surface area contributed by atoms with Gasteiger partial charge in [0, 0.05) is 17.4 Å². The maximum absolute atomic E-state index is 13.6. The van der Waals surface area contributed by atoms with Gasteiger partial charge in [-0.3, -0.25) is 14.4 Å². The van der Waals surface area contributed by atoms with Gasteiger partial charge in [-0.1, -0.05) is 25.8 Å². The zero-order chi connectivity index (χ0) is 18.8. The molecule has 6 atom stereocenters. The Balaban J connectivity index is 1.82. The standard InChI is InChI=1S/C21H24O5/c1-9-8-10(22)20(4)12(9)11-13(17(20)24)21-7-5-6-19(2,3)16(21)15(14(11)23)26-18(21)25/h8,12,14-16,23H,5-7H2,1-4H3/t12-,14+,15?,16+,20-,21+/m1/s1. The molecule has 5 rings (SSSR count). The van der Waals surface area contributed by atoms with E-state index in [2.05, 4.69) is 13.8 Å². The monoisotopic (exact) mass is 356 g/mol. The van der Waals surface area contributed by atoms with E-state index < -0.39 is 29.0 Å². The van der Waals surface area contributed by atoms with Crippen LogP contribution in [0.5, 0.6) is 0 Å². The van der Waals surface area contributed by atoms with Crippen molar-refractivity contribution >= 4 is 17.5 Å². The first-order chi connectivity index (χ1) is 12.1. The highest BCUT2D eigenvalue weighted by Crippen LogP contribution is 2.70. The number of aliphatic hydroxyl groups is 1. The van der Waals surface area contributed by atoms with Gasteiger partial charge in [0.15, 0.2) is 11.6 Å². The molecular formula is C21H24O5. The van der Waals surface area contributed by atoms with E-state index >= 15 is 0 Å². The first kappa shape index (κ1) is 16.4. The molecule has 1 saturated heterocycles. The van der Waals surface area contributed by atoms with Crippen LogP contribution >= 0.6 is 0 Å². The molecule has 5 heteroatoms. The Morgan fingerprint density at radius 2 is 1.85 bits per heavy atom. The topological polar surface area (TPSA) is 80.7 Å². The van der Waals surface area contributed by atoms with Crippen molar-refractivity contribution in [3.05, 3.63) is 22.8 Å². The van der Waals surface area contributed by atoms with E-state index in [4.69, 9.17) is 4.74 Å². The summed E-state index contributed by atoms with van der Waals surface area (Å²) in [6.45, 7) is 7.70. The Bertz CT molecular complexity index is 862. The summed E-state index contributed by atoms with van der Waals surface area (Å²) in [5.41, 5.74) is -0.626. The van der Waals surface area contributed by atoms with Crippen LogP contribution in [0.3, 0.4) is 0 Å². The number of aliphatic hydroxyl groups excluding tert-OH is 1. The van der Waals surface area contributed by atoms with Crippen LogP contribution in [0, 0.1) is 28.1 Å². The molecule has 0 spiro atoms. The van der Waals surface area contributed by atoms with Gasteiger partial charge in [0.2, 0.25) is 0 Å². The molecule has 2 bridgehead atoms. The molecule has 1 heterocycles. The Labute approximate surface area is 152 Å². The Morgan fingerprint density at radius 1 is 1.15 bits per heavy atom. The Kier molecular flexibility index (Phi) is 2.77. The van der Waals surface area contributed by atoms with E-state index in [-0.39, 0.29) is 28.9 Å². The molecule has 0 aromatic heterocycles. The van der Waals surface area contributed by atoms with Gasteiger partial charge in [0.05, 0.1) is 0 Å². The van der Waals surface area contributed by atoms with Crippen molar-refractivity contribution in [2.75, 3.05) is 0 Å². The van der Waals surface area contributed by atoms with Crippen LogP contribution in [0.4, 0.5) is 0 Å². The summed E-state index contributed by atoms with van der Waals surface area (Å²) in [6.07, 6.45) is 2.20. The first-order valence-corrected chi connectivity index (χ1v) is 9.49. The Hall–Kier alpha value is -1.75. The van der Waals surface area contributed by atoms with Crippen LogP contribution in [0.15, 0.2) is 22.8 Å². The van der Waals surface area contributed by atoms with Crippen molar-refractivity contribution in [2.24, 2.45) is 28.1 Å². The smallest absolute Gasteiger partial charge is 0.317 e. The number of fused-ring (bicyclic) bond motifs is 2. The molecule has 1 unspecified atom stereocenters. The minimum absolute atomic E-state index is 0.209. The van der Waals surface area contributed by atoms with Gasteiger partial charge in [0.25, 0.3) is 0 Å². The van der Waals surface area contributed by atoms with Crippen LogP contribution in [0.2, 0.25) is 0 Å². The molecule has 4 aliphatic carbocycles. The third-order valence-corrected chi connectivity index (χ3v) is 7.98. The lowest BCUT2D eigenvalue weighted by molar-refractivity contribution is -0.151. The maximum atomic E-state index is 13.6. The third kappa shape index (κ3) is 1.42. The number of ether oxygens (including phenoxy) is 1. The van der Waals surface area contributed by atoms with E-state index in [1.165, 1.54) is 6.08 Å². The van der Waals surface area contributed by atoms with Gasteiger partial charge in [-0.05, 0) is 43.8 Å². The summed E-state index contributed by atoms with van der Waals surface area (Å²) in [7, 11) is 0. The van der Waals surface area contributed by atoms with E-state index in [9.17, 15) is 19.5 Å². The SMILES string of the molecule is CC1=CC(=O)[C@@]2(C)C(=O)C3=C([C@@H]12)[C@H](O)C1OC(=O)[C@@]32CCCC(C)(C)[C@H]12. The van der Waals surface area contributed by atoms with Crippen molar-refractivity contribution in [1.82, 2.24) is 0 Å². The van der Waals surface area contributed by atoms with E-state index in [1.54, 1.807) is 6.92 Å². The molecule has 1 saturated carbocycles. The number of rotatable bonds is 0. The summed E-state index contributed by atoms with van der Waals surface area (Å²) in [5, 5.41) is 11.2. The molecule has 26 heavy (non-hydrogen) atoms. The first-order valence-electron chi connectivity index (χ1n) is 9.49. The lowest BCUT2D eigenvalue weighted by Crippen LogP contribution is -2.55. The van der Waals surface area contributed by atoms with Crippen molar-refractivity contribution in [3.63, 3.8) is 0 Å². The molecule has 0 radical (unpaired) electrons. The average Bonchev–Trinajstić information content (AvgIpc) is 3.05. The molecule has 2 fully saturated rings. The van der Waals surface area contributed by atoms with Crippen molar-refractivity contribution in [2.45, 2.75) is 59.2 Å². The van der Waals surface area contributed by atoms with Crippen LogP contribution in [-0.2, 0) is 19.1 Å². The fourth-order valence-corrected chi connectivity index (χ4v) is 7.01. The molecule has 5 nitrogen and oxygen atoms in total. The molecule has 1 aliphatic heterocycles. The molecule has 138 valence electrons. The summed E-state index contributed by atoms with van der Waals surface area (Å²) < 4.78 is 5.71. The number of hydrogen-bond acceptors (Lipinski definition) is 5. The van der Waals surface area contributed by atoms with Gasteiger partial charge >= 0.3 is 5.97 Å². The molecule has 5 aliphatic rings. The largest absolute Gasteiger partial charge is 0.458 e. The zero-order valence-electron chi connectivity index (χ0n) is 15.6. The number of carbonyl (C=O) groups excluding carboxylic acids is 3. The second kappa shape index (κ2) is 4.38. The van der Waals surface area contributed by atoms with Crippen molar-refractivity contribution < 1.29 is 24.2 Å². The van der Waals surface area contributed by atoms with Crippen molar-refractivity contribution in [1.29, 1.82) is 0 Å². The van der Waals surface area contributed by atoms with Crippen LogP contribution < -0.4 is 0 Å². The summed E-state index contributed by atoms with van der Waals surface area (Å²) in [5.74, 6) is -1.52. The highest BCUT2D eigenvalue weighted by atomic mass is 16.6. The lowest BCUT2D eigenvalue weighted by atomic mass is 9.49. The predicted octanol–water partition coefficient (Wildman–Crippen LogP) is 2.13. The van der Waals surface area contributed by atoms with Gasteiger partial charge in [0.1, 0.15) is 23.0 Å². The number of carbonyl (C=O) groups is 3. The zero-order valence-corrected chi connectivity index (χ0v) is 15.6. The molecular weight excluding hydrogens is 332 g/mol. The Morgan fingerprint density at radius 3 is 2.54 bits per heavy atom. The summed E-state index contributed by atoms with van der Waals surface area (Å²) in [4.78, 5) is 39.4. The van der Waals surface area contributed by atoms with Gasteiger partial charge < -0.3 is 9.84 Å². The van der Waals surface area contributed by atoms with Crippen LogP contribution in [0.1, 0.15) is 47.0 Å². The van der Waals surface area contributed by atoms with Crippen LogP contribution in [0.25, 0.3) is 0 Å². The normalized spacial score (nSPS) is 48.2. The molecule has 0 aromatic rings. The number of esters is 1. The number of Topliss-reactive ketones (excluding diaryl/α,β-unsaturated/α-hetero) is 1. The number of ketones is 2. The number of allylic oxidation sites excluding steroid dienone is 2. The van der Waals surface area contributed by atoms with Crippen molar-refractivity contribution in [3.8, 4) is 0 Å². The second-order valence-corrected chi connectivity index (χ2v) is 9.65. The molecule has 0 aromatic carbocycles. The van der Waals surface area contributed by atoms with E-state index in [0.717, 1.165) is 18.4 Å². The van der Waals surface area contributed by atoms with E-state index in [1.807, 2.05) is 6.92 Å². The molecule has 1 N–H and O–H groups in total. The fraction of sp³-hybridized carbons (Fsp3) is 0.667. The molecule has 0 amide bonds. The second-order valence-electron chi connectivity index (χ2n) is 9.65. The summed E-state index contributed by atoms with van der Waals surface area (Å²) >= 11 is 0. The quantitative estimate of drug-likeness (QED) is 0.531. The minimum atomic E-state index is -1.21. The predicted molar refractivity (Wildman–Crippen MR) is 91.8 cm³/mol. The highest BCUT2D eigenvalue weighted by Gasteiger charge is 2.76. The number of hydrogen-bond donors (Lipinski definition) is 1. The van der Waals surface area contributed by atoms with E-state index in [0.29, 0.717) is 17.6 Å². The third-order valence-electron chi connectivity index (χ3n) is 7.98. The van der Waals surface area contributed by atoms with Gasteiger partial charge in [-0.15, -0.1) is 0 Å². The van der Waals surface area contributed by atoms with Gasteiger partial charge in [-0.25, -0.2) is 0 Å². The average molecular weight is 356 g/mol. The lowest BCUT2D eigenvalue weighted by Gasteiger charge is -2.51. The minimum Gasteiger partial charge on any atom is -0.458 e. The van der Waals surface area contributed by atoms with Gasteiger partial charge in [-0.2, -0.15) is 0 Å². The summed E-state index contributed by atoms with van der Waals surface area (Å²) in [6, 6.07) is 0.